The lowest BCUT2D eigenvalue weighted by Gasteiger charge is -2.34. The van der Waals surface area contributed by atoms with Crippen LogP contribution < -0.4 is 4.90 Å². The second-order valence-corrected chi connectivity index (χ2v) is 6.22. The minimum atomic E-state index is -0.251. The second-order valence-electron chi connectivity index (χ2n) is 6.22. The summed E-state index contributed by atoms with van der Waals surface area (Å²) in [5, 5.41) is 11.4. The van der Waals surface area contributed by atoms with Crippen molar-refractivity contribution in [3.63, 3.8) is 0 Å². The van der Waals surface area contributed by atoms with E-state index in [4.69, 9.17) is 0 Å². The number of piperazine rings is 1. The van der Waals surface area contributed by atoms with Gasteiger partial charge in [0.05, 0.1) is 10.5 Å². The Bertz CT molecular complexity index is 590. The molecule has 22 heavy (non-hydrogen) atoms. The van der Waals surface area contributed by atoms with Gasteiger partial charge in [-0.3, -0.25) is 10.1 Å². The van der Waals surface area contributed by atoms with Crippen molar-refractivity contribution in [3.8, 4) is 0 Å². The van der Waals surface area contributed by atoms with E-state index in [1.807, 2.05) is 12.1 Å². The maximum absolute atomic E-state index is 11.4. The molecule has 1 heterocycles. The first-order valence-corrected chi connectivity index (χ1v) is 8.06. The zero-order chi connectivity index (χ0) is 15.5. The highest BCUT2D eigenvalue weighted by molar-refractivity contribution is 5.76. The molecule has 0 spiro atoms. The number of hydrogen-bond donors (Lipinski definition) is 0. The predicted octanol–water partition coefficient (Wildman–Crippen LogP) is 3.30. The van der Waals surface area contributed by atoms with E-state index in [0.29, 0.717) is 0 Å². The van der Waals surface area contributed by atoms with Crippen molar-refractivity contribution in [2.24, 2.45) is 0 Å². The molecule has 0 saturated carbocycles. The number of likely N-dealkylation sites (N-methyl/N-ethyl adjacent to an activating group) is 1. The first kappa shape index (κ1) is 15.0. The summed E-state index contributed by atoms with van der Waals surface area (Å²) in [7, 11) is 2.13. The fraction of sp³-hybridized carbons (Fsp3) is 0.529. The average Bonchev–Trinajstić information content (AvgIpc) is 2.56. The fourth-order valence-electron chi connectivity index (χ4n) is 3.28. The molecule has 0 aromatic heterocycles. The van der Waals surface area contributed by atoms with Gasteiger partial charge in [0.15, 0.2) is 0 Å². The first-order chi connectivity index (χ1) is 10.6. The largest absolute Gasteiger partial charge is 0.369 e. The van der Waals surface area contributed by atoms with E-state index in [2.05, 4.69) is 22.9 Å². The van der Waals surface area contributed by atoms with Gasteiger partial charge in [-0.1, -0.05) is 6.08 Å². The smallest absolute Gasteiger partial charge is 0.277 e. The van der Waals surface area contributed by atoms with Gasteiger partial charge in [0, 0.05) is 37.9 Å². The van der Waals surface area contributed by atoms with Crippen molar-refractivity contribution in [2.45, 2.75) is 25.7 Å². The highest BCUT2D eigenvalue weighted by atomic mass is 16.6. The normalized spacial score (nSPS) is 19.9. The van der Waals surface area contributed by atoms with E-state index in [1.165, 1.54) is 6.42 Å². The van der Waals surface area contributed by atoms with Gasteiger partial charge >= 0.3 is 0 Å². The highest BCUT2D eigenvalue weighted by Crippen LogP contribution is 2.35. The molecule has 3 rings (SSSR count). The quantitative estimate of drug-likeness (QED) is 0.635. The summed E-state index contributed by atoms with van der Waals surface area (Å²) in [6.07, 6.45) is 6.48. The molecule has 0 amide bonds. The molecule has 118 valence electrons. The van der Waals surface area contributed by atoms with Crippen LogP contribution in [0.1, 0.15) is 31.2 Å². The summed E-state index contributed by atoms with van der Waals surface area (Å²) >= 11 is 0. The molecule has 0 atom stereocenters. The Morgan fingerprint density at radius 2 is 1.91 bits per heavy atom. The van der Waals surface area contributed by atoms with Crippen LogP contribution in [0.5, 0.6) is 0 Å². The van der Waals surface area contributed by atoms with E-state index in [9.17, 15) is 10.1 Å². The molecule has 0 N–H and O–H groups in total. The van der Waals surface area contributed by atoms with Crippen LogP contribution >= 0.6 is 0 Å². The molecule has 0 unspecified atom stereocenters. The molecule has 2 aliphatic rings. The van der Waals surface area contributed by atoms with Crippen molar-refractivity contribution in [1.82, 2.24) is 4.90 Å². The maximum Gasteiger partial charge on any atom is 0.277 e. The molecule has 1 aromatic carbocycles. The number of nitro groups is 1. The minimum absolute atomic E-state index is 0.242. The van der Waals surface area contributed by atoms with Crippen molar-refractivity contribution >= 4 is 16.9 Å². The topological polar surface area (TPSA) is 49.6 Å². The molecule has 5 nitrogen and oxygen atoms in total. The molecule has 1 fully saturated rings. The zero-order valence-electron chi connectivity index (χ0n) is 13.1. The van der Waals surface area contributed by atoms with E-state index < -0.39 is 0 Å². The van der Waals surface area contributed by atoms with E-state index in [0.717, 1.165) is 62.3 Å². The van der Waals surface area contributed by atoms with Gasteiger partial charge in [0.1, 0.15) is 0 Å². The third-order valence-corrected chi connectivity index (χ3v) is 4.68. The number of hydrogen-bond acceptors (Lipinski definition) is 4. The molecule has 1 aromatic rings. The van der Waals surface area contributed by atoms with E-state index in [-0.39, 0.29) is 10.6 Å². The molecule has 5 heteroatoms. The lowest BCUT2D eigenvalue weighted by molar-refractivity contribution is -0.385. The van der Waals surface area contributed by atoms with Gasteiger partial charge in [-0.25, -0.2) is 0 Å². The lowest BCUT2D eigenvalue weighted by atomic mass is 9.92. The number of nitrogens with zero attached hydrogens (tertiary/aromatic N) is 3. The average molecular weight is 301 g/mol. The summed E-state index contributed by atoms with van der Waals surface area (Å²) in [6.45, 7) is 4.03. The fourth-order valence-corrected chi connectivity index (χ4v) is 3.28. The summed E-state index contributed by atoms with van der Waals surface area (Å²) in [4.78, 5) is 15.7. The second kappa shape index (κ2) is 6.48. The Morgan fingerprint density at radius 3 is 2.55 bits per heavy atom. The molecule has 1 saturated heterocycles. The molecular formula is C17H23N3O2. The highest BCUT2D eigenvalue weighted by Gasteiger charge is 2.21. The third-order valence-electron chi connectivity index (χ3n) is 4.68. The van der Waals surface area contributed by atoms with Crippen molar-refractivity contribution in [1.29, 1.82) is 0 Å². The minimum Gasteiger partial charge on any atom is -0.369 e. The van der Waals surface area contributed by atoms with Gasteiger partial charge in [-0.15, -0.1) is 0 Å². The van der Waals surface area contributed by atoms with E-state index >= 15 is 0 Å². The number of rotatable bonds is 3. The molecule has 0 radical (unpaired) electrons. The molecule has 0 bridgehead atoms. The molecular weight excluding hydrogens is 278 g/mol. The van der Waals surface area contributed by atoms with Gasteiger partial charge < -0.3 is 9.80 Å². The summed E-state index contributed by atoms with van der Waals surface area (Å²) in [5.74, 6) is 0. The van der Waals surface area contributed by atoms with Crippen LogP contribution in [0.4, 0.5) is 11.4 Å². The monoisotopic (exact) mass is 301 g/mol. The van der Waals surface area contributed by atoms with Gasteiger partial charge in [-0.05, 0) is 50.4 Å². The Hall–Kier alpha value is -1.88. The lowest BCUT2D eigenvalue weighted by Crippen LogP contribution is -2.44. The van der Waals surface area contributed by atoms with Gasteiger partial charge in [0.2, 0.25) is 0 Å². The van der Waals surface area contributed by atoms with Gasteiger partial charge in [-0.2, -0.15) is 0 Å². The van der Waals surface area contributed by atoms with E-state index in [1.54, 1.807) is 6.07 Å². The maximum atomic E-state index is 11.4. The number of benzene rings is 1. The van der Waals surface area contributed by atoms with Crippen LogP contribution in [0.2, 0.25) is 0 Å². The van der Waals surface area contributed by atoms with Crippen LogP contribution in [0.15, 0.2) is 24.3 Å². The van der Waals surface area contributed by atoms with Crippen LogP contribution in [-0.2, 0) is 0 Å². The van der Waals surface area contributed by atoms with Crippen LogP contribution in [0.25, 0.3) is 5.57 Å². The summed E-state index contributed by atoms with van der Waals surface area (Å²) < 4.78 is 0. The summed E-state index contributed by atoms with van der Waals surface area (Å²) in [6, 6.07) is 5.61. The first-order valence-electron chi connectivity index (χ1n) is 8.06. The molecule has 1 aliphatic carbocycles. The Balaban J connectivity index is 1.93. The number of allylic oxidation sites excluding steroid dienone is 2. The SMILES string of the molecule is CN1CCN(c2ccc([N+](=O)[O-])c(C3=CCCCC3)c2)CC1. The summed E-state index contributed by atoms with van der Waals surface area (Å²) in [5.41, 5.74) is 3.32. The van der Waals surface area contributed by atoms with Crippen LogP contribution in [0, 0.1) is 10.1 Å². The number of nitro benzene ring substituents is 1. The third kappa shape index (κ3) is 3.14. The van der Waals surface area contributed by atoms with Gasteiger partial charge in [0.25, 0.3) is 5.69 Å². The Kier molecular flexibility index (Phi) is 4.43. The van der Waals surface area contributed by atoms with Crippen LogP contribution in [0.3, 0.4) is 0 Å². The van der Waals surface area contributed by atoms with Crippen molar-refractivity contribution in [2.75, 3.05) is 38.1 Å². The molecule has 1 aliphatic heterocycles. The Morgan fingerprint density at radius 1 is 1.14 bits per heavy atom. The van der Waals surface area contributed by atoms with Crippen molar-refractivity contribution < 1.29 is 4.92 Å². The zero-order valence-corrected chi connectivity index (χ0v) is 13.1. The van der Waals surface area contributed by atoms with Crippen LogP contribution in [-0.4, -0.2) is 43.0 Å². The standard InChI is InChI=1S/C17H23N3O2/c1-18-9-11-19(12-10-18)15-7-8-17(20(21)22)16(13-15)14-5-3-2-4-6-14/h5,7-8,13H,2-4,6,9-12H2,1H3. The van der Waals surface area contributed by atoms with Crippen molar-refractivity contribution in [3.05, 3.63) is 40.0 Å². The Labute approximate surface area is 131 Å². The predicted molar refractivity (Wildman–Crippen MR) is 89.3 cm³/mol. The number of anilines is 1.